The number of benzene rings is 2. The van der Waals surface area contributed by atoms with E-state index in [1.165, 1.54) is 0 Å². The lowest BCUT2D eigenvalue weighted by Gasteiger charge is -2.26. The molecule has 1 aliphatic rings. The van der Waals surface area contributed by atoms with E-state index in [4.69, 9.17) is 5.73 Å². The Kier molecular flexibility index (Phi) is 4.54. The van der Waals surface area contributed by atoms with Crippen molar-refractivity contribution in [3.63, 3.8) is 0 Å². The number of hydrogen-bond donors (Lipinski definition) is 2. The number of carbonyl (C=O) groups excluding carboxylic acids is 1. The molecule has 3 nitrogen and oxygen atoms in total. The Morgan fingerprint density at radius 1 is 1.00 bits per heavy atom. The first-order chi connectivity index (χ1) is 10.7. The van der Waals surface area contributed by atoms with Gasteiger partial charge >= 0.3 is 0 Å². The quantitative estimate of drug-likeness (QED) is 0.904. The van der Waals surface area contributed by atoms with Gasteiger partial charge in [-0.25, -0.2) is 0 Å². The summed E-state index contributed by atoms with van der Waals surface area (Å²) < 4.78 is 0. The first-order valence-electron chi connectivity index (χ1n) is 7.95. The van der Waals surface area contributed by atoms with Crippen LogP contribution in [0.5, 0.6) is 0 Å². The molecule has 0 spiro atoms. The van der Waals surface area contributed by atoms with Crippen molar-refractivity contribution in [3.05, 3.63) is 54.6 Å². The molecule has 2 atom stereocenters. The Labute approximate surface area is 131 Å². The van der Waals surface area contributed by atoms with Gasteiger partial charge in [-0.2, -0.15) is 0 Å². The van der Waals surface area contributed by atoms with Crippen LogP contribution in [0, 0.1) is 5.92 Å². The predicted octanol–water partition coefficient (Wildman–Crippen LogP) is 3.81. The van der Waals surface area contributed by atoms with Crippen LogP contribution in [-0.2, 0) is 4.79 Å². The van der Waals surface area contributed by atoms with Gasteiger partial charge in [0.25, 0.3) is 0 Å². The summed E-state index contributed by atoms with van der Waals surface area (Å²) in [4.78, 5) is 12.5. The Morgan fingerprint density at radius 3 is 2.50 bits per heavy atom. The SMILES string of the molecule is NC1CCCC(C(=O)Nc2ccccc2-c2ccccc2)C1. The molecule has 2 unspecified atom stereocenters. The molecule has 22 heavy (non-hydrogen) atoms. The normalized spacial score (nSPS) is 21.3. The van der Waals surface area contributed by atoms with Crippen LogP contribution < -0.4 is 11.1 Å². The maximum Gasteiger partial charge on any atom is 0.227 e. The van der Waals surface area contributed by atoms with Crippen LogP contribution in [-0.4, -0.2) is 11.9 Å². The van der Waals surface area contributed by atoms with Crippen molar-refractivity contribution >= 4 is 11.6 Å². The Balaban J connectivity index is 1.79. The lowest BCUT2D eigenvalue weighted by molar-refractivity contribution is -0.120. The largest absolute Gasteiger partial charge is 0.328 e. The van der Waals surface area contributed by atoms with Crippen molar-refractivity contribution in [1.82, 2.24) is 0 Å². The van der Waals surface area contributed by atoms with Gasteiger partial charge in [-0.1, -0.05) is 55.0 Å². The second-order valence-electron chi connectivity index (χ2n) is 6.02. The van der Waals surface area contributed by atoms with Gasteiger partial charge in [0.2, 0.25) is 5.91 Å². The zero-order valence-corrected chi connectivity index (χ0v) is 12.7. The first-order valence-corrected chi connectivity index (χ1v) is 7.95. The molecule has 0 heterocycles. The summed E-state index contributed by atoms with van der Waals surface area (Å²) in [5.74, 6) is 0.131. The molecule has 1 aliphatic carbocycles. The monoisotopic (exact) mass is 294 g/mol. The van der Waals surface area contributed by atoms with Gasteiger partial charge in [-0.15, -0.1) is 0 Å². The van der Waals surface area contributed by atoms with Crippen molar-refractivity contribution < 1.29 is 4.79 Å². The Bertz CT molecular complexity index is 639. The highest BCUT2D eigenvalue weighted by molar-refractivity contribution is 5.96. The van der Waals surface area contributed by atoms with Crippen LogP contribution in [0.1, 0.15) is 25.7 Å². The Hall–Kier alpha value is -2.13. The average Bonchev–Trinajstić information content (AvgIpc) is 2.56. The van der Waals surface area contributed by atoms with E-state index in [1.807, 2.05) is 42.5 Å². The van der Waals surface area contributed by atoms with Crippen molar-refractivity contribution in [2.75, 3.05) is 5.32 Å². The number of nitrogens with one attached hydrogen (secondary N) is 1. The van der Waals surface area contributed by atoms with E-state index in [2.05, 4.69) is 17.4 Å². The van der Waals surface area contributed by atoms with Gasteiger partial charge < -0.3 is 11.1 Å². The molecule has 2 aromatic rings. The van der Waals surface area contributed by atoms with E-state index in [9.17, 15) is 4.79 Å². The molecule has 3 rings (SSSR count). The van der Waals surface area contributed by atoms with E-state index in [0.717, 1.165) is 42.5 Å². The van der Waals surface area contributed by atoms with Crippen molar-refractivity contribution in [3.8, 4) is 11.1 Å². The van der Waals surface area contributed by atoms with Crippen molar-refractivity contribution in [2.45, 2.75) is 31.7 Å². The summed E-state index contributed by atoms with van der Waals surface area (Å²) in [5, 5.41) is 3.10. The lowest BCUT2D eigenvalue weighted by Crippen LogP contribution is -2.34. The number of para-hydroxylation sites is 1. The van der Waals surface area contributed by atoms with Gasteiger partial charge in [0.15, 0.2) is 0 Å². The zero-order valence-electron chi connectivity index (χ0n) is 12.7. The topological polar surface area (TPSA) is 55.1 Å². The van der Waals surface area contributed by atoms with Crippen LogP contribution in [0.2, 0.25) is 0 Å². The molecule has 114 valence electrons. The number of amides is 1. The van der Waals surface area contributed by atoms with Gasteiger partial charge in [-0.3, -0.25) is 4.79 Å². The molecule has 3 heteroatoms. The lowest BCUT2D eigenvalue weighted by atomic mass is 9.85. The minimum atomic E-state index is 0.0348. The summed E-state index contributed by atoms with van der Waals surface area (Å²) in [6.45, 7) is 0. The number of anilines is 1. The molecule has 0 bridgehead atoms. The Morgan fingerprint density at radius 2 is 1.73 bits per heavy atom. The third-order valence-corrected chi connectivity index (χ3v) is 4.36. The van der Waals surface area contributed by atoms with Gasteiger partial charge in [0.1, 0.15) is 0 Å². The number of nitrogens with two attached hydrogens (primary N) is 1. The van der Waals surface area contributed by atoms with E-state index in [-0.39, 0.29) is 17.9 Å². The first kappa shape index (κ1) is 14.8. The van der Waals surface area contributed by atoms with E-state index < -0.39 is 0 Å². The third-order valence-electron chi connectivity index (χ3n) is 4.36. The highest BCUT2D eigenvalue weighted by Gasteiger charge is 2.25. The number of rotatable bonds is 3. The summed E-state index contributed by atoms with van der Waals surface area (Å²) in [7, 11) is 0. The number of carbonyl (C=O) groups is 1. The highest BCUT2D eigenvalue weighted by Crippen LogP contribution is 2.29. The fourth-order valence-corrected chi connectivity index (χ4v) is 3.16. The summed E-state index contributed by atoms with van der Waals surface area (Å²) >= 11 is 0. The van der Waals surface area contributed by atoms with Crippen molar-refractivity contribution in [2.24, 2.45) is 11.7 Å². The molecular formula is C19H22N2O. The van der Waals surface area contributed by atoms with Crippen LogP contribution in [0.3, 0.4) is 0 Å². The van der Waals surface area contributed by atoms with Crippen LogP contribution >= 0.6 is 0 Å². The zero-order chi connectivity index (χ0) is 15.4. The smallest absolute Gasteiger partial charge is 0.227 e. The molecule has 0 aromatic heterocycles. The molecule has 1 saturated carbocycles. The molecule has 3 N–H and O–H groups in total. The third kappa shape index (κ3) is 3.37. The van der Waals surface area contributed by atoms with Gasteiger partial charge in [0, 0.05) is 23.2 Å². The summed E-state index contributed by atoms with van der Waals surface area (Å²) in [6, 6.07) is 18.2. The molecule has 0 radical (unpaired) electrons. The van der Waals surface area contributed by atoms with E-state index >= 15 is 0 Å². The molecule has 0 aliphatic heterocycles. The summed E-state index contributed by atoms with van der Waals surface area (Å²) in [5.41, 5.74) is 9.03. The molecule has 2 aromatic carbocycles. The van der Waals surface area contributed by atoms with Crippen LogP contribution in [0.4, 0.5) is 5.69 Å². The molecule has 1 fully saturated rings. The second kappa shape index (κ2) is 6.75. The molecule has 0 saturated heterocycles. The fraction of sp³-hybridized carbons (Fsp3) is 0.316. The average molecular weight is 294 g/mol. The fourth-order valence-electron chi connectivity index (χ4n) is 3.16. The second-order valence-corrected chi connectivity index (χ2v) is 6.02. The molecular weight excluding hydrogens is 272 g/mol. The van der Waals surface area contributed by atoms with Gasteiger partial charge in [-0.05, 0) is 30.9 Å². The highest BCUT2D eigenvalue weighted by atomic mass is 16.1. The van der Waals surface area contributed by atoms with E-state index in [1.54, 1.807) is 0 Å². The number of hydrogen-bond acceptors (Lipinski definition) is 2. The van der Waals surface area contributed by atoms with E-state index in [0.29, 0.717) is 0 Å². The van der Waals surface area contributed by atoms with Gasteiger partial charge in [0.05, 0.1) is 0 Å². The predicted molar refractivity (Wildman–Crippen MR) is 90.4 cm³/mol. The minimum Gasteiger partial charge on any atom is -0.328 e. The van der Waals surface area contributed by atoms with Crippen LogP contribution in [0.15, 0.2) is 54.6 Å². The molecule has 1 amide bonds. The van der Waals surface area contributed by atoms with Crippen molar-refractivity contribution in [1.29, 1.82) is 0 Å². The minimum absolute atomic E-state index is 0.0348. The maximum absolute atomic E-state index is 12.5. The maximum atomic E-state index is 12.5. The summed E-state index contributed by atoms with van der Waals surface area (Å²) in [6.07, 6.45) is 3.80. The standard InChI is InChI=1S/C19H22N2O/c20-16-10-6-9-15(13-16)19(22)21-18-12-5-4-11-17(18)14-7-2-1-3-8-14/h1-5,7-8,11-12,15-16H,6,9-10,13,20H2,(H,21,22). The van der Waals surface area contributed by atoms with Crippen LogP contribution in [0.25, 0.3) is 11.1 Å².